The highest BCUT2D eigenvalue weighted by atomic mass is 16.5. The molecule has 22 heavy (non-hydrogen) atoms. The van der Waals surface area contributed by atoms with Crippen LogP contribution < -0.4 is 0 Å². The second kappa shape index (κ2) is 5.29. The Morgan fingerprint density at radius 1 is 1.45 bits per heavy atom. The largest absolute Gasteiger partial charge is 0.396 e. The van der Waals surface area contributed by atoms with Crippen molar-refractivity contribution in [3.8, 4) is 0 Å². The number of hydrogen-bond donors (Lipinski definition) is 1. The number of aromatic nitrogens is 4. The van der Waals surface area contributed by atoms with E-state index < -0.39 is 0 Å². The maximum Gasteiger partial charge on any atom is 0.294 e. The van der Waals surface area contributed by atoms with E-state index in [0.29, 0.717) is 18.9 Å². The highest BCUT2D eigenvalue weighted by molar-refractivity contribution is 5.91. The monoisotopic (exact) mass is 303 g/mol. The molecular formula is C14H17N5O3. The van der Waals surface area contributed by atoms with Gasteiger partial charge in [-0.15, -0.1) is 5.10 Å². The second-order valence-corrected chi connectivity index (χ2v) is 5.79. The highest BCUT2D eigenvalue weighted by Crippen LogP contribution is 2.34. The van der Waals surface area contributed by atoms with Gasteiger partial charge in [0.25, 0.3) is 11.7 Å². The Hall–Kier alpha value is -2.06. The van der Waals surface area contributed by atoms with E-state index in [9.17, 15) is 9.90 Å². The van der Waals surface area contributed by atoms with Crippen LogP contribution in [0.4, 0.5) is 0 Å². The van der Waals surface area contributed by atoms with Crippen LogP contribution in [-0.2, 0) is 4.74 Å². The summed E-state index contributed by atoms with van der Waals surface area (Å²) in [6.45, 7) is 1.17. The van der Waals surface area contributed by atoms with Crippen molar-refractivity contribution in [2.24, 2.45) is 5.92 Å². The molecular weight excluding hydrogens is 286 g/mol. The SMILES string of the molecule is O=C(c1nc2ncccn2n1)N1CCOC2C[C@H](CO)C[C@@H]21. The minimum Gasteiger partial charge on any atom is -0.396 e. The summed E-state index contributed by atoms with van der Waals surface area (Å²) in [5.41, 5.74) is 0. The number of nitrogens with zero attached hydrogens (tertiary/aromatic N) is 5. The average molecular weight is 303 g/mol. The van der Waals surface area contributed by atoms with Gasteiger partial charge in [-0.05, 0) is 24.8 Å². The predicted molar refractivity (Wildman–Crippen MR) is 75.2 cm³/mol. The van der Waals surface area contributed by atoms with E-state index >= 15 is 0 Å². The average Bonchev–Trinajstić information content (AvgIpc) is 3.16. The zero-order valence-corrected chi connectivity index (χ0v) is 12.0. The first kappa shape index (κ1) is 13.6. The second-order valence-electron chi connectivity index (χ2n) is 5.79. The van der Waals surface area contributed by atoms with Crippen LogP contribution in [0.1, 0.15) is 23.5 Å². The van der Waals surface area contributed by atoms with Crippen molar-refractivity contribution in [3.63, 3.8) is 0 Å². The zero-order chi connectivity index (χ0) is 15.1. The summed E-state index contributed by atoms with van der Waals surface area (Å²) in [4.78, 5) is 22.8. The number of morpholine rings is 1. The van der Waals surface area contributed by atoms with Gasteiger partial charge in [0.05, 0.1) is 18.8 Å². The van der Waals surface area contributed by atoms with Crippen molar-refractivity contribution in [2.45, 2.75) is 25.0 Å². The molecule has 2 aliphatic rings. The van der Waals surface area contributed by atoms with Gasteiger partial charge < -0.3 is 14.7 Å². The smallest absolute Gasteiger partial charge is 0.294 e. The van der Waals surface area contributed by atoms with Crippen LogP contribution in [0.3, 0.4) is 0 Å². The van der Waals surface area contributed by atoms with Crippen LogP contribution >= 0.6 is 0 Å². The quantitative estimate of drug-likeness (QED) is 0.821. The molecule has 0 spiro atoms. The third kappa shape index (κ3) is 2.15. The number of rotatable bonds is 2. The van der Waals surface area contributed by atoms with Gasteiger partial charge in [-0.3, -0.25) is 4.79 Å². The summed E-state index contributed by atoms with van der Waals surface area (Å²) < 4.78 is 7.24. The Bertz CT molecular complexity index is 670. The summed E-state index contributed by atoms with van der Waals surface area (Å²) >= 11 is 0. The van der Waals surface area contributed by atoms with Gasteiger partial charge in [-0.1, -0.05) is 0 Å². The maximum atomic E-state index is 12.7. The molecule has 1 aliphatic heterocycles. The standard InChI is InChI=1S/C14H17N5O3/c20-8-9-6-10-11(7-9)22-5-4-18(10)13(21)12-16-14-15-2-1-3-19(14)17-12/h1-3,9-11,20H,4-8H2/t9-,10+,11?/m1/s1. The normalized spacial score (nSPS) is 28.0. The molecule has 0 radical (unpaired) electrons. The van der Waals surface area contributed by atoms with Crippen molar-refractivity contribution in [1.29, 1.82) is 0 Å². The number of carbonyl (C=O) groups is 1. The van der Waals surface area contributed by atoms with Crippen molar-refractivity contribution in [1.82, 2.24) is 24.5 Å². The molecule has 1 amide bonds. The predicted octanol–water partition coefficient (Wildman–Crippen LogP) is -0.264. The van der Waals surface area contributed by atoms with Gasteiger partial charge in [-0.2, -0.15) is 4.98 Å². The fraction of sp³-hybridized carbons (Fsp3) is 0.571. The van der Waals surface area contributed by atoms with Gasteiger partial charge in [0.15, 0.2) is 0 Å². The Labute approximate surface area is 126 Å². The fourth-order valence-corrected chi connectivity index (χ4v) is 3.40. The number of hydrogen-bond acceptors (Lipinski definition) is 6. The lowest BCUT2D eigenvalue weighted by Gasteiger charge is -2.36. The first-order chi connectivity index (χ1) is 10.8. The van der Waals surface area contributed by atoms with E-state index in [0.717, 1.165) is 12.8 Å². The molecule has 2 aromatic rings. The molecule has 116 valence electrons. The van der Waals surface area contributed by atoms with Crippen molar-refractivity contribution in [3.05, 3.63) is 24.3 Å². The number of aliphatic hydroxyl groups excluding tert-OH is 1. The summed E-state index contributed by atoms with van der Waals surface area (Å²) in [7, 11) is 0. The third-order valence-electron chi connectivity index (χ3n) is 4.46. The highest BCUT2D eigenvalue weighted by Gasteiger charge is 2.43. The summed E-state index contributed by atoms with van der Waals surface area (Å²) in [6.07, 6.45) is 4.89. The number of ether oxygens (including phenoxy) is 1. The van der Waals surface area contributed by atoms with Gasteiger partial charge in [0, 0.05) is 25.5 Å². The molecule has 1 N–H and O–H groups in total. The molecule has 1 aliphatic carbocycles. The van der Waals surface area contributed by atoms with Crippen LogP contribution in [0.25, 0.3) is 5.78 Å². The number of amides is 1. The molecule has 0 bridgehead atoms. The number of aliphatic hydroxyl groups is 1. The summed E-state index contributed by atoms with van der Waals surface area (Å²) in [5.74, 6) is 0.573. The molecule has 3 atom stereocenters. The van der Waals surface area contributed by atoms with E-state index in [1.54, 1.807) is 23.4 Å². The minimum absolute atomic E-state index is 0.00188. The molecule has 1 unspecified atom stereocenters. The lowest BCUT2D eigenvalue weighted by molar-refractivity contribution is -0.0452. The Morgan fingerprint density at radius 2 is 2.36 bits per heavy atom. The topological polar surface area (TPSA) is 92.9 Å². The van der Waals surface area contributed by atoms with Crippen LogP contribution in [0, 0.1) is 5.92 Å². The zero-order valence-electron chi connectivity index (χ0n) is 12.0. The van der Waals surface area contributed by atoms with Gasteiger partial charge in [-0.25, -0.2) is 9.50 Å². The van der Waals surface area contributed by atoms with E-state index in [4.69, 9.17) is 4.74 Å². The van der Waals surface area contributed by atoms with Gasteiger partial charge in [0.1, 0.15) is 0 Å². The van der Waals surface area contributed by atoms with Crippen LogP contribution in [0.5, 0.6) is 0 Å². The molecule has 3 heterocycles. The van der Waals surface area contributed by atoms with Gasteiger partial charge >= 0.3 is 0 Å². The van der Waals surface area contributed by atoms with E-state index in [2.05, 4.69) is 15.1 Å². The molecule has 1 saturated heterocycles. The first-order valence-corrected chi connectivity index (χ1v) is 7.47. The third-order valence-corrected chi connectivity index (χ3v) is 4.46. The summed E-state index contributed by atoms with van der Waals surface area (Å²) in [6, 6.07) is 1.74. The molecule has 2 aromatic heterocycles. The van der Waals surface area contributed by atoms with Crippen LogP contribution in [0.15, 0.2) is 18.5 Å². The summed E-state index contributed by atoms with van der Waals surface area (Å²) in [5, 5.41) is 13.6. The van der Waals surface area contributed by atoms with Gasteiger partial charge in [0.2, 0.25) is 5.82 Å². The molecule has 4 rings (SSSR count). The number of carbonyl (C=O) groups excluding carboxylic acids is 1. The maximum absolute atomic E-state index is 12.7. The number of fused-ring (bicyclic) bond motifs is 2. The Balaban J connectivity index is 1.61. The molecule has 1 saturated carbocycles. The Kier molecular flexibility index (Phi) is 3.27. The van der Waals surface area contributed by atoms with Crippen LogP contribution in [0.2, 0.25) is 0 Å². The molecule has 2 fully saturated rings. The lowest BCUT2D eigenvalue weighted by atomic mass is 10.1. The fourth-order valence-electron chi connectivity index (χ4n) is 3.40. The Morgan fingerprint density at radius 3 is 3.18 bits per heavy atom. The van der Waals surface area contributed by atoms with Crippen molar-refractivity contribution < 1.29 is 14.6 Å². The van der Waals surface area contributed by atoms with Crippen LogP contribution in [-0.4, -0.2) is 67.4 Å². The van der Waals surface area contributed by atoms with Crippen molar-refractivity contribution >= 4 is 11.7 Å². The first-order valence-electron chi connectivity index (χ1n) is 7.47. The van der Waals surface area contributed by atoms with E-state index in [1.807, 2.05) is 0 Å². The van der Waals surface area contributed by atoms with E-state index in [-0.39, 0.29) is 36.4 Å². The minimum atomic E-state index is -0.192. The van der Waals surface area contributed by atoms with E-state index in [1.165, 1.54) is 4.52 Å². The molecule has 0 aromatic carbocycles. The molecule has 8 heteroatoms. The lowest BCUT2D eigenvalue weighted by Crippen LogP contribution is -2.51. The van der Waals surface area contributed by atoms with Crippen molar-refractivity contribution in [2.75, 3.05) is 19.8 Å². The molecule has 8 nitrogen and oxygen atoms in total.